The van der Waals surface area contributed by atoms with Crippen LogP contribution >= 0.6 is 0 Å². The number of rotatable bonds is 8. The van der Waals surface area contributed by atoms with Crippen molar-refractivity contribution in [1.29, 1.82) is 0 Å². The third kappa shape index (κ3) is 7.09. The fraction of sp³-hybridized carbons (Fsp3) is 0.696. The van der Waals surface area contributed by atoms with Gasteiger partial charge in [-0.1, -0.05) is 13.0 Å². The lowest BCUT2D eigenvalue weighted by atomic mass is 9.97. The minimum atomic E-state index is -0.219. The normalized spacial score (nSPS) is 21.2. The Morgan fingerprint density at radius 3 is 2.81 bits per heavy atom. The molecule has 1 unspecified atom stereocenters. The number of carbonyl (C=O) groups is 1. The Kier molecular flexibility index (Phi) is 8.94. The van der Waals surface area contributed by atoms with Gasteiger partial charge < -0.3 is 26.2 Å². The fourth-order valence-electron chi connectivity index (χ4n) is 4.45. The summed E-state index contributed by atoms with van der Waals surface area (Å²) < 4.78 is 0. The zero-order valence-corrected chi connectivity index (χ0v) is 19.1. The average molecular weight is 430 g/mol. The predicted molar refractivity (Wildman–Crippen MR) is 126 cm³/mol. The molecule has 0 radical (unpaired) electrons. The van der Waals surface area contributed by atoms with Gasteiger partial charge >= 0.3 is 0 Å². The third-order valence-corrected chi connectivity index (χ3v) is 6.48. The van der Waals surface area contributed by atoms with E-state index in [-0.39, 0.29) is 11.8 Å². The first-order valence-corrected chi connectivity index (χ1v) is 11.7. The van der Waals surface area contributed by atoms with Crippen molar-refractivity contribution in [3.8, 4) is 0 Å². The highest BCUT2D eigenvalue weighted by Gasteiger charge is 2.26. The summed E-state index contributed by atoms with van der Waals surface area (Å²) in [5, 5.41) is 6.84. The van der Waals surface area contributed by atoms with Gasteiger partial charge in [0.2, 0.25) is 5.91 Å². The zero-order chi connectivity index (χ0) is 22.1. The largest absolute Gasteiger partial charge is 0.369 e. The molecule has 0 aromatic carbocycles. The van der Waals surface area contributed by atoms with Crippen molar-refractivity contribution >= 4 is 17.7 Å². The quantitative estimate of drug-likeness (QED) is 0.330. The first kappa shape index (κ1) is 23.3. The van der Waals surface area contributed by atoms with Gasteiger partial charge in [0.25, 0.3) is 0 Å². The van der Waals surface area contributed by atoms with Crippen LogP contribution in [0.15, 0.2) is 23.3 Å². The molecular formula is C23H39N7O. The van der Waals surface area contributed by atoms with Crippen LogP contribution in [0.25, 0.3) is 0 Å². The Morgan fingerprint density at radius 1 is 1.26 bits per heavy atom. The van der Waals surface area contributed by atoms with E-state index >= 15 is 0 Å². The van der Waals surface area contributed by atoms with Crippen molar-refractivity contribution in [2.45, 2.75) is 45.6 Å². The number of guanidine groups is 1. The molecule has 31 heavy (non-hydrogen) atoms. The number of likely N-dealkylation sites (tertiary alicyclic amines) is 1. The van der Waals surface area contributed by atoms with Crippen LogP contribution in [0.4, 0.5) is 5.82 Å². The van der Waals surface area contributed by atoms with Crippen LogP contribution in [0, 0.1) is 11.8 Å². The molecule has 2 saturated heterocycles. The molecule has 172 valence electrons. The van der Waals surface area contributed by atoms with E-state index in [1.807, 2.05) is 6.07 Å². The highest BCUT2D eigenvalue weighted by molar-refractivity contribution is 5.80. The highest BCUT2D eigenvalue weighted by atomic mass is 16.1. The van der Waals surface area contributed by atoms with Crippen molar-refractivity contribution in [2.24, 2.45) is 22.6 Å². The van der Waals surface area contributed by atoms with Gasteiger partial charge in [0, 0.05) is 45.0 Å². The number of nitrogens with one attached hydrogen (secondary N) is 2. The molecule has 0 aliphatic carbocycles. The van der Waals surface area contributed by atoms with Crippen LogP contribution in [0.2, 0.25) is 0 Å². The van der Waals surface area contributed by atoms with E-state index in [0.29, 0.717) is 13.1 Å². The summed E-state index contributed by atoms with van der Waals surface area (Å²) in [7, 11) is 1.80. The van der Waals surface area contributed by atoms with E-state index < -0.39 is 0 Å². The van der Waals surface area contributed by atoms with Gasteiger partial charge in [-0.3, -0.25) is 9.79 Å². The molecule has 1 amide bonds. The molecule has 3 heterocycles. The standard InChI is InChI=1S/C23H39N7O/c1-18-8-14-29(15-9-18)12-5-11-27-23(25-2)28-16-19-6-3-10-26-22(19)30-13-4-7-20(17-30)21(24)31/h3,6,10,18,20H,4-5,7-9,11-17H2,1-2H3,(H2,24,31)(H2,25,27,28). The summed E-state index contributed by atoms with van der Waals surface area (Å²) in [6.45, 7) is 9.01. The molecule has 1 atom stereocenters. The van der Waals surface area contributed by atoms with Gasteiger partial charge in [-0.05, 0) is 63.7 Å². The van der Waals surface area contributed by atoms with Crippen LogP contribution in [0.1, 0.15) is 44.6 Å². The lowest BCUT2D eigenvalue weighted by Crippen LogP contribution is -2.42. The maximum atomic E-state index is 11.6. The van der Waals surface area contributed by atoms with E-state index in [0.717, 1.165) is 62.2 Å². The SMILES string of the molecule is CN=C(NCCCN1CCC(C)CC1)NCc1cccnc1N1CCCC(C(N)=O)C1. The number of aromatic nitrogens is 1. The van der Waals surface area contributed by atoms with E-state index in [4.69, 9.17) is 5.73 Å². The number of carbonyl (C=O) groups excluding carboxylic acids is 1. The van der Waals surface area contributed by atoms with E-state index in [9.17, 15) is 4.79 Å². The second-order valence-corrected chi connectivity index (χ2v) is 8.90. The first-order chi connectivity index (χ1) is 15.1. The summed E-state index contributed by atoms with van der Waals surface area (Å²) >= 11 is 0. The van der Waals surface area contributed by atoms with Crippen molar-refractivity contribution in [3.63, 3.8) is 0 Å². The monoisotopic (exact) mass is 429 g/mol. The van der Waals surface area contributed by atoms with Crippen LogP contribution in [-0.4, -0.2) is 68.1 Å². The van der Waals surface area contributed by atoms with Crippen molar-refractivity contribution < 1.29 is 4.79 Å². The first-order valence-electron chi connectivity index (χ1n) is 11.7. The lowest BCUT2D eigenvalue weighted by Gasteiger charge is -2.33. The molecule has 0 bridgehead atoms. The number of hydrogen-bond acceptors (Lipinski definition) is 5. The lowest BCUT2D eigenvalue weighted by molar-refractivity contribution is -0.122. The molecule has 8 heteroatoms. The predicted octanol–water partition coefficient (Wildman–Crippen LogP) is 1.57. The Labute approximate surface area is 186 Å². The molecule has 4 N–H and O–H groups in total. The Hall–Kier alpha value is -2.35. The van der Waals surface area contributed by atoms with E-state index in [2.05, 4.69) is 43.4 Å². The highest BCUT2D eigenvalue weighted by Crippen LogP contribution is 2.24. The molecule has 0 saturated carbocycles. The van der Waals surface area contributed by atoms with Crippen LogP contribution < -0.4 is 21.3 Å². The minimum absolute atomic E-state index is 0.103. The van der Waals surface area contributed by atoms with Crippen LogP contribution in [-0.2, 0) is 11.3 Å². The molecule has 1 aromatic rings. The molecule has 2 aliphatic rings. The number of piperidine rings is 2. The number of anilines is 1. The van der Waals surface area contributed by atoms with E-state index in [1.165, 1.54) is 25.9 Å². The van der Waals surface area contributed by atoms with Crippen LogP contribution in [0.3, 0.4) is 0 Å². The molecule has 2 fully saturated rings. The van der Waals surface area contributed by atoms with E-state index in [1.54, 1.807) is 13.2 Å². The van der Waals surface area contributed by atoms with Gasteiger partial charge in [0.15, 0.2) is 5.96 Å². The summed E-state index contributed by atoms with van der Waals surface area (Å²) in [6.07, 6.45) is 7.37. The van der Waals surface area contributed by atoms with Crippen molar-refractivity contribution in [3.05, 3.63) is 23.9 Å². The topological polar surface area (TPSA) is 98.9 Å². The van der Waals surface area contributed by atoms with Gasteiger partial charge in [-0.25, -0.2) is 4.98 Å². The molecule has 3 rings (SSSR count). The second kappa shape index (κ2) is 11.9. The van der Waals surface area contributed by atoms with Gasteiger partial charge in [-0.15, -0.1) is 0 Å². The van der Waals surface area contributed by atoms with Crippen molar-refractivity contribution in [1.82, 2.24) is 20.5 Å². The Morgan fingerprint density at radius 2 is 2.06 bits per heavy atom. The summed E-state index contributed by atoms with van der Waals surface area (Å²) in [6, 6.07) is 4.03. The molecule has 8 nitrogen and oxygen atoms in total. The zero-order valence-electron chi connectivity index (χ0n) is 19.1. The Balaban J connectivity index is 1.45. The van der Waals surface area contributed by atoms with Crippen LogP contribution in [0.5, 0.6) is 0 Å². The smallest absolute Gasteiger partial charge is 0.222 e. The Bertz CT molecular complexity index is 730. The van der Waals surface area contributed by atoms with Gasteiger partial charge in [-0.2, -0.15) is 0 Å². The number of hydrogen-bond donors (Lipinski definition) is 3. The molecule has 2 aliphatic heterocycles. The number of aliphatic imine (C=N–C) groups is 1. The number of amides is 1. The summed E-state index contributed by atoms with van der Waals surface area (Å²) in [5.74, 6) is 2.28. The maximum Gasteiger partial charge on any atom is 0.222 e. The number of nitrogens with two attached hydrogens (primary N) is 1. The average Bonchev–Trinajstić information content (AvgIpc) is 2.80. The molecular weight excluding hydrogens is 390 g/mol. The van der Waals surface area contributed by atoms with Crippen molar-refractivity contribution in [2.75, 3.05) is 51.2 Å². The third-order valence-electron chi connectivity index (χ3n) is 6.48. The second-order valence-electron chi connectivity index (χ2n) is 8.90. The fourth-order valence-corrected chi connectivity index (χ4v) is 4.45. The molecule has 0 spiro atoms. The maximum absolute atomic E-state index is 11.6. The number of nitrogens with zero attached hydrogens (tertiary/aromatic N) is 4. The van der Waals surface area contributed by atoms with Gasteiger partial charge in [0.1, 0.15) is 5.82 Å². The number of primary amides is 1. The molecule has 1 aromatic heterocycles. The minimum Gasteiger partial charge on any atom is -0.369 e. The summed E-state index contributed by atoms with van der Waals surface area (Å²) in [4.78, 5) is 25.4. The number of pyridine rings is 1. The van der Waals surface area contributed by atoms with Gasteiger partial charge in [0.05, 0.1) is 5.92 Å². The summed E-state index contributed by atoms with van der Waals surface area (Å²) in [5.41, 5.74) is 6.64.